The van der Waals surface area contributed by atoms with Crippen LogP contribution in [0.25, 0.3) is 0 Å². The molecule has 1 atom stereocenters. The van der Waals surface area contributed by atoms with Crippen molar-refractivity contribution in [3.8, 4) is 0 Å². The van der Waals surface area contributed by atoms with Crippen LogP contribution in [0.5, 0.6) is 0 Å². The van der Waals surface area contributed by atoms with Crippen molar-refractivity contribution >= 4 is 10.0 Å². The van der Waals surface area contributed by atoms with Gasteiger partial charge in [-0.15, -0.1) is 0 Å². The van der Waals surface area contributed by atoms with Gasteiger partial charge in [0.15, 0.2) is 0 Å². The topological polar surface area (TPSA) is 81.4 Å². The zero-order chi connectivity index (χ0) is 14.5. The molecule has 0 spiro atoms. The molecular weight excluding hydrogens is 264 g/mol. The number of nitrogens with one attached hydrogen (secondary N) is 1. The Morgan fingerprint density at radius 1 is 1.42 bits per heavy atom. The van der Waals surface area contributed by atoms with Crippen molar-refractivity contribution in [1.82, 2.24) is 4.72 Å². The molecule has 0 radical (unpaired) electrons. The number of aryl methyl sites for hydroxylation is 1. The Morgan fingerprint density at radius 3 is 2.63 bits per heavy atom. The summed E-state index contributed by atoms with van der Waals surface area (Å²) in [6.07, 6.45) is 0.669. The summed E-state index contributed by atoms with van der Waals surface area (Å²) in [6.45, 7) is 4.49. The third-order valence-electron chi connectivity index (χ3n) is 3.03. The number of hydrogen-bond donors (Lipinski definition) is 2. The maximum Gasteiger partial charge on any atom is 0.240 e. The van der Waals surface area contributed by atoms with Gasteiger partial charge in [0, 0.05) is 19.7 Å². The first kappa shape index (κ1) is 16.1. The maximum absolute atomic E-state index is 12.2. The van der Waals surface area contributed by atoms with Crippen LogP contribution in [0.2, 0.25) is 0 Å². The Bertz CT molecular complexity index is 515. The first-order chi connectivity index (χ1) is 8.94. The number of hydrogen-bond acceptors (Lipinski definition) is 4. The zero-order valence-electron chi connectivity index (χ0n) is 11.6. The molecule has 6 heteroatoms. The molecule has 1 unspecified atom stereocenters. The van der Waals surface area contributed by atoms with Crippen LogP contribution in [-0.4, -0.2) is 28.2 Å². The van der Waals surface area contributed by atoms with Crippen LogP contribution in [-0.2, 0) is 21.3 Å². The van der Waals surface area contributed by atoms with Gasteiger partial charge in [0.25, 0.3) is 0 Å². The molecule has 0 fully saturated rings. The van der Waals surface area contributed by atoms with Crippen molar-refractivity contribution < 1.29 is 13.2 Å². The zero-order valence-corrected chi connectivity index (χ0v) is 12.5. The Labute approximate surface area is 115 Å². The van der Waals surface area contributed by atoms with Crippen molar-refractivity contribution in [2.75, 3.05) is 13.7 Å². The van der Waals surface area contributed by atoms with Gasteiger partial charge < -0.3 is 10.5 Å². The van der Waals surface area contributed by atoms with E-state index in [-0.39, 0.29) is 10.9 Å². The number of sulfonamides is 1. The van der Waals surface area contributed by atoms with Crippen LogP contribution in [0.1, 0.15) is 24.5 Å². The lowest BCUT2D eigenvalue weighted by molar-refractivity contribution is 0.173. The van der Waals surface area contributed by atoms with Gasteiger partial charge in [-0.3, -0.25) is 0 Å². The second-order valence-electron chi connectivity index (χ2n) is 4.47. The van der Waals surface area contributed by atoms with Crippen molar-refractivity contribution in [2.45, 2.75) is 37.8 Å². The van der Waals surface area contributed by atoms with E-state index in [1.807, 2.05) is 13.8 Å². The van der Waals surface area contributed by atoms with Crippen molar-refractivity contribution in [3.05, 3.63) is 29.3 Å². The lowest BCUT2D eigenvalue weighted by Gasteiger charge is -2.16. The van der Waals surface area contributed by atoms with Crippen molar-refractivity contribution in [3.63, 3.8) is 0 Å². The van der Waals surface area contributed by atoms with E-state index < -0.39 is 10.0 Å². The third kappa shape index (κ3) is 4.28. The molecule has 0 aromatic heterocycles. The first-order valence-corrected chi connectivity index (χ1v) is 7.73. The van der Waals surface area contributed by atoms with Crippen LogP contribution >= 0.6 is 0 Å². The Morgan fingerprint density at radius 2 is 2.11 bits per heavy atom. The highest BCUT2D eigenvalue weighted by atomic mass is 32.2. The molecule has 0 aliphatic carbocycles. The van der Waals surface area contributed by atoms with Crippen molar-refractivity contribution in [2.24, 2.45) is 5.73 Å². The molecular formula is C13H22N2O3S. The summed E-state index contributed by atoms with van der Waals surface area (Å²) in [5.41, 5.74) is 7.43. The van der Waals surface area contributed by atoms with Crippen LogP contribution in [0.15, 0.2) is 23.1 Å². The molecule has 1 aromatic carbocycles. The Balaban J connectivity index is 2.99. The predicted octanol–water partition coefficient (Wildman–Crippen LogP) is 1.16. The second kappa shape index (κ2) is 7.00. The lowest BCUT2D eigenvalue weighted by atomic mass is 10.1. The summed E-state index contributed by atoms with van der Waals surface area (Å²) in [5, 5.41) is 0. The van der Waals surface area contributed by atoms with Gasteiger partial charge in [-0.25, -0.2) is 13.1 Å². The quantitative estimate of drug-likeness (QED) is 0.788. The van der Waals surface area contributed by atoms with E-state index in [0.29, 0.717) is 19.6 Å². The van der Waals surface area contributed by atoms with Gasteiger partial charge in [0.2, 0.25) is 10.0 Å². The predicted molar refractivity (Wildman–Crippen MR) is 75.3 cm³/mol. The van der Waals surface area contributed by atoms with Crippen LogP contribution < -0.4 is 10.5 Å². The minimum Gasteiger partial charge on any atom is -0.383 e. The van der Waals surface area contributed by atoms with E-state index in [1.54, 1.807) is 25.3 Å². The summed E-state index contributed by atoms with van der Waals surface area (Å²) in [6, 6.07) is 4.76. The molecule has 0 saturated carbocycles. The van der Waals surface area contributed by atoms with Crippen LogP contribution in [0.3, 0.4) is 0 Å². The monoisotopic (exact) mass is 286 g/mol. The van der Waals surface area contributed by atoms with E-state index in [2.05, 4.69) is 4.72 Å². The maximum atomic E-state index is 12.2. The standard InChI is InChI=1S/C13H22N2O3S/c1-4-12(9-18-3)15-19(16,17)13-6-5-10(2)11(7-13)8-14/h5-7,12,15H,4,8-9,14H2,1-3H3. The molecule has 0 saturated heterocycles. The van der Waals surface area contributed by atoms with E-state index in [0.717, 1.165) is 11.1 Å². The van der Waals surface area contributed by atoms with Gasteiger partial charge in [0.1, 0.15) is 0 Å². The lowest BCUT2D eigenvalue weighted by Crippen LogP contribution is -2.37. The highest BCUT2D eigenvalue weighted by Gasteiger charge is 2.19. The van der Waals surface area contributed by atoms with E-state index in [1.165, 1.54) is 0 Å². The average Bonchev–Trinajstić information content (AvgIpc) is 2.38. The number of rotatable bonds is 7. The molecule has 0 bridgehead atoms. The fraction of sp³-hybridized carbons (Fsp3) is 0.538. The van der Waals surface area contributed by atoms with Crippen LogP contribution in [0, 0.1) is 6.92 Å². The van der Waals surface area contributed by atoms with E-state index in [9.17, 15) is 8.42 Å². The SMILES string of the molecule is CCC(COC)NS(=O)(=O)c1ccc(C)c(CN)c1. The molecule has 19 heavy (non-hydrogen) atoms. The van der Waals surface area contributed by atoms with E-state index >= 15 is 0 Å². The smallest absolute Gasteiger partial charge is 0.240 e. The highest BCUT2D eigenvalue weighted by molar-refractivity contribution is 7.89. The van der Waals surface area contributed by atoms with Crippen LogP contribution in [0.4, 0.5) is 0 Å². The van der Waals surface area contributed by atoms with Crippen molar-refractivity contribution in [1.29, 1.82) is 0 Å². The molecule has 3 N–H and O–H groups in total. The molecule has 0 amide bonds. The van der Waals surface area contributed by atoms with Gasteiger partial charge in [-0.05, 0) is 36.6 Å². The molecule has 0 heterocycles. The number of benzene rings is 1. The summed E-state index contributed by atoms with van der Waals surface area (Å²) in [4.78, 5) is 0.244. The minimum atomic E-state index is -3.53. The Kier molecular flexibility index (Phi) is 5.93. The first-order valence-electron chi connectivity index (χ1n) is 6.25. The van der Waals surface area contributed by atoms with Gasteiger partial charge in [-0.1, -0.05) is 13.0 Å². The highest BCUT2D eigenvalue weighted by Crippen LogP contribution is 2.15. The Hall–Kier alpha value is -0.950. The number of nitrogens with two attached hydrogens (primary N) is 1. The minimum absolute atomic E-state index is 0.224. The summed E-state index contributed by atoms with van der Waals surface area (Å²) in [5.74, 6) is 0. The number of ether oxygens (including phenoxy) is 1. The number of methoxy groups -OCH3 is 1. The largest absolute Gasteiger partial charge is 0.383 e. The molecule has 108 valence electrons. The third-order valence-corrected chi connectivity index (χ3v) is 4.55. The summed E-state index contributed by atoms with van der Waals surface area (Å²) < 4.78 is 32.1. The average molecular weight is 286 g/mol. The molecule has 0 aliphatic rings. The molecule has 1 aromatic rings. The molecule has 0 aliphatic heterocycles. The van der Waals surface area contributed by atoms with Gasteiger partial charge in [0.05, 0.1) is 11.5 Å². The van der Waals surface area contributed by atoms with E-state index in [4.69, 9.17) is 10.5 Å². The fourth-order valence-electron chi connectivity index (χ4n) is 1.76. The van der Waals surface area contributed by atoms with Gasteiger partial charge in [-0.2, -0.15) is 0 Å². The molecule has 1 rings (SSSR count). The second-order valence-corrected chi connectivity index (χ2v) is 6.19. The normalized spacial score (nSPS) is 13.5. The fourth-order valence-corrected chi connectivity index (χ4v) is 3.11. The molecule has 5 nitrogen and oxygen atoms in total. The summed E-state index contributed by atoms with van der Waals surface area (Å²) >= 11 is 0. The summed E-state index contributed by atoms with van der Waals surface area (Å²) in [7, 11) is -1.98. The van der Waals surface area contributed by atoms with Gasteiger partial charge >= 0.3 is 0 Å².